The summed E-state index contributed by atoms with van der Waals surface area (Å²) >= 11 is 9.35. The highest BCUT2D eigenvalue weighted by molar-refractivity contribution is 9.10. The largest absolute Gasteiger partial charge is 0.381 e. The van der Waals surface area contributed by atoms with Crippen LogP contribution >= 0.6 is 27.5 Å². The SMILES string of the molecule is ClCCc1nc2cc(Br)cnc2n1CC1CCCOC1. The maximum absolute atomic E-state index is 5.90. The Morgan fingerprint density at radius 1 is 1.50 bits per heavy atom. The Morgan fingerprint density at radius 3 is 3.15 bits per heavy atom. The summed E-state index contributed by atoms with van der Waals surface area (Å²) in [5.74, 6) is 2.14. The minimum absolute atomic E-state index is 0.542. The van der Waals surface area contributed by atoms with Gasteiger partial charge in [-0.2, -0.15) is 0 Å². The third kappa shape index (κ3) is 3.00. The first-order valence-electron chi connectivity index (χ1n) is 6.92. The van der Waals surface area contributed by atoms with E-state index in [1.807, 2.05) is 12.3 Å². The molecule has 20 heavy (non-hydrogen) atoms. The molecule has 1 aliphatic heterocycles. The smallest absolute Gasteiger partial charge is 0.160 e. The van der Waals surface area contributed by atoms with E-state index in [0.717, 1.165) is 54.1 Å². The van der Waals surface area contributed by atoms with Gasteiger partial charge in [0.2, 0.25) is 0 Å². The van der Waals surface area contributed by atoms with Gasteiger partial charge in [0.05, 0.1) is 6.61 Å². The van der Waals surface area contributed by atoms with Crippen LogP contribution in [0.15, 0.2) is 16.7 Å². The van der Waals surface area contributed by atoms with Crippen LogP contribution in [0.4, 0.5) is 0 Å². The molecule has 1 atom stereocenters. The number of fused-ring (bicyclic) bond motifs is 1. The van der Waals surface area contributed by atoms with Gasteiger partial charge in [0.1, 0.15) is 11.3 Å². The fourth-order valence-corrected chi connectivity index (χ4v) is 3.20. The summed E-state index contributed by atoms with van der Waals surface area (Å²) in [7, 11) is 0. The molecule has 1 saturated heterocycles. The third-order valence-electron chi connectivity index (χ3n) is 3.64. The Morgan fingerprint density at radius 2 is 2.40 bits per heavy atom. The Labute approximate surface area is 131 Å². The van der Waals surface area contributed by atoms with E-state index in [2.05, 4.69) is 30.5 Å². The van der Waals surface area contributed by atoms with Crippen molar-refractivity contribution in [3.05, 3.63) is 22.6 Å². The summed E-state index contributed by atoms with van der Waals surface area (Å²) in [5, 5.41) is 0. The van der Waals surface area contributed by atoms with Crippen molar-refractivity contribution >= 4 is 38.7 Å². The molecule has 6 heteroatoms. The van der Waals surface area contributed by atoms with E-state index >= 15 is 0 Å². The van der Waals surface area contributed by atoms with E-state index in [1.54, 1.807) is 0 Å². The second kappa shape index (κ2) is 6.41. The van der Waals surface area contributed by atoms with Crippen LogP contribution < -0.4 is 0 Å². The lowest BCUT2D eigenvalue weighted by atomic mass is 10.0. The molecule has 0 bridgehead atoms. The van der Waals surface area contributed by atoms with E-state index in [0.29, 0.717) is 11.8 Å². The van der Waals surface area contributed by atoms with E-state index in [1.165, 1.54) is 6.42 Å². The van der Waals surface area contributed by atoms with Crippen LogP contribution in [-0.4, -0.2) is 33.6 Å². The van der Waals surface area contributed by atoms with Gasteiger partial charge in [-0.3, -0.25) is 0 Å². The van der Waals surface area contributed by atoms with Crippen molar-refractivity contribution < 1.29 is 4.74 Å². The first kappa shape index (κ1) is 14.3. The summed E-state index contributed by atoms with van der Waals surface area (Å²) in [6, 6.07) is 2.01. The first-order valence-corrected chi connectivity index (χ1v) is 8.25. The average molecular weight is 359 g/mol. The monoisotopic (exact) mass is 357 g/mol. The Kier molecular flexibility index (Phi) is 4.58. The molecule has 108 valence electrons. The Bertz CT molecular complexity index is 595. The van der Waals surface area contributed by atoms with E-state index < -0.39 is 0 Å². The first-order chi connectivity index (χ1) is 9.78. The maximum atomic E-state index is 5.90. The van der Waals surface area contributed by atoms with Gasteiger partial charge in [-0.05, 0) is 34.8 Å². The molecular formula is C14H17BrClN3O. The highest BCUT2D eigenvalue weighted by Crippen LogP contribution is 2.23. The van der Waals surface area contributed by atoms with Crippen LogP contribution in [-0.2, 0) is 17.7 Å². The quantitative estimate of drug-likeness (QED) is 0.786. The molecule has 2 aromatic heterocycles. The summed E-state index contributed by atoms with van der Waals surface area (Å²) in [5.41, 5.74) is 1.87. The topological polar surface area (TPSA) is 39.9 Å². The van der Waals surface area contributed by atoms with Gasteiger partial charge in [0.25, 0.3) is 0 Å². The van der Waals surface area contributed by atoms with Crippen molar-refractivity contribution in [2.75, 3.05) is 19.1 Å². The summed E-state index contributed by atoms with van der Waals surface area (Å²) in [6.45, 7) is 2.63. The molecule has 0 saturated carbocycles. The minimum atomic E-state index is 0.542. The molecule has 4 nitrogen and oxygen atoms in total. The van der Waals surface area contributed by atoms with Crippen LogP contribution in [0.5, 0.6) is 0 Å². The van der Waals surface area contributed by atoms with Gasteiger partial charge in [0.15, 0.2) is 5.65 Å². The van der Waals surface area contributed by atoms with Gasteiger partial charge < -0.3 is 9.30 Å². The van der Waals surface area contributed by atoms with Crippen molar-refractivity contribution in [1.82, 2.24) is 14.5 Å². The molecule has 3 heterocycles. The number of aromatic nitrogens is 3. The molecular weight excluding hydrogens is 342 g/mol. The van der Waals surface area contributed by atoms with Crippen molar-refractivity contribution in [2.45, 2.75) is 25.8 Å². The molecule has 1 aliphatic rings. The van der Waals surface area contributed by atoms with Gasteiger partial charge in [-0.15, -0.1) is 11.6 Å². The number of nitrogens with zero attached hydrogens (tertiary/aromatic N) is 3. The van der Waals surface area contributed by atoms with E-state index in [9.17, 15) is 0 Å². The number of ether oxygens (including phenoxy) is 1. The van der Waals surface area contributed by atoms with Gasteiger partial charge in [-0.1, -0.05) is 0 Å². The molecule has 0 spiro atoms. The molecule has 3 rings (SSSR count). The van der Waals surface area contributed by atoms with Crippen molar-refractivity contribution in [1.29, 1.82) is 0 Å². The molecule has 0 N–H and O–H groups in total. The van der Waals surface area contributed by atoms with Crippen LogP contribution in [0.3, 0.4) is 0 Å². The summed E-state index contributed by atoms with van der Waals surface area (Å²) < 4.78 is 8.74. The predicted octanol–water partition coefficient (Wildman–Crippen LogP) is 3.40. The van der Waals surface area contributed by atoms with E-state index in [4.69, 9.17) is 16.3 Å². The van der Waals surface area contributed by atoms with Crippen LogP contribution in [0.1, 0.15) is 18.7 Å². The molecule has 0 amide bonds. The third-order valence-corrected chi connectivity index (χ3v) is 4.27. The highest BCUT2D eigenvalue weighted by atomic mass is 79.9. The zero-order valence-electron chi connectivity index (χ0n) is 11.2. The lowest BCUT2D eigenvalue weighted by Gasteiger charge is -2.23. The van der Waals surface area contributed by atoms with Crippen LogP contribution in [0, 0.1) is 5.92 Å². The zero-order valence-corrected chi connectivity index (χ0v) is 13.5. The Balaban J connectivity index is 1.95. The fourth-order valence-electron chi connectivity index (χ4n) is 2.71. The second-order valence-corrected chi connectivity index (χ2v) is 6.45. The number of pyridine rings is 1. The predicted molar refractivity (Wildman–Crippen MR) is 83.2 cm³/mol. The van der Waals surface area contributed by atoms with E-state index in [-0.39, 0.29) is 0 Å². The fraction of sp³-hybridized carbons (Fsp3) is 0.571. The lowest BCUT2D eigenvalue weighted by molar-refractivity contribution is 0.0484. The standard InChI is InChI=1S/C14H17BrClN3O/c15-11-6-12-14(17-7-11)19(13(18-12)3-4-16)8-10-2-1-5-20-9-10/h6-7,10H,1-5,8-9H2. The van der Waals surface area contributed by atoms with Gasteiger partial charge in [0, 0.05) is 42.0 Å². The number of aryl methyl sites for hydroxylation is 1. The Hall–Kier alpha value is -0.650. The molecule has 1 unspecified atom stereocenters. The van der Waals surface area contributed by atoms with Crippen molar-refractivity contribution in [3.8, 4) is 0 Å². The molecule has 0 aliphatic carbocycles. The van der Waals surface area contributed by atoms with Gasteiger partial charge in [-0.25, -0.2) is 9.97 Å². The lowest BCUT2D eigenvalue weighted by Crippen LogP contribution is -2.23. The highest BCUT2D eigenvalue weighted by Gasteiger charge is 2.19. The number of halogens is 2. The maximum Gasteiger partial charge on any atom is 0.160 e. The molecule has 0 radical (unpaired) electrons. The normalized spacial score (nSPS) is 19.6. The number of imidazole rings is 1. The van der Waals surface area contributed by atoms with Crippen molar-refractivity contribution in [3.63, 3.8) is 0 Å². The zero-order chi connectivity index (χ0) is 13.9. The molecule has 1 fully saturated rings. The molecule has 2 aromatic rings. The summed E-state index contributed by atoms with van der Waals surface area (Å²) in [4.78, 5) is 9.19. The number of hydrogen-bond donors (Lipinski definition) is 0. The minimum Gasteiger partial charge on any atom is -0.381 e. The second-order valence-electron chi connectivity index (χ2n) is 5.16. The number of rotatable bonds is 4. The average Bonchev–Trinajstić information content (AvgIpc) is 2.77. The number of alkyl halides is 1. The molecule has 0 aromatic carbocycles. The summed E-state index contributed by atoms with van der Waals surface area (Å²) in [6.07, 6.45) is 4.93. The van der Waals surface area contributed by atoms with Crippen LogP contribution in [0.2, 0.25) is 0 Å². The number of hydrogen-bond acceptors (Lipinski definition) is 3. The van der Waals surface area contributed by atoms with Crippen LogP contribution in [0.25, 0.3) is 11.2 Å². The van der Waals surface area contributed by atoms with Crippen molar-refractivity contribution in [2.24, 2.45) is 5.92 Å². The van der Waals surface area contributed by atoms with Gasteiger partial charge >= 0.3 is 0 Å².